The summed E-state index contributed by atoms with van der Waals surface area (Å²) in [6, 6.07) is 14.5. The van der Waals surface area contributed by atoms with Gasteiger partial charge in [0.1, 0.15) is 12.1 Å². The standard InChI is InChI=1S/C22H22N4O4S/c1-15-6-8-16(9-7-15)22-25-17(14-30-22)10-12-23-20(27)11-13-24-21-18-4-2-3-5-19(18)31(28,29)26-21/h2-9,14H,10-13H2,1H3,(H,23,27)(H,24,26). The van der Waals surface area contributed by atoms with Crippen molar-refractivity contribution in [2.75, 3.05) is 13.1 Å². The number of hydrogen-bond acceptors (Lipinski definition) is 6. The summed E-state index contributed by atoms with van der Waals surface area (Å²) in [6.45, 7) is 2.62. The first-order chi connectivity index (χ1) is 14.9. The maximum Gasteiger partial charge on any atom is 0.263 e. The fourth-order valence-corrected chi connectivity index (χ4v) is 4.44. The molecule has 0 radical (unpaired) electrons. The number of amides is 1. The molecule has 2 N–H and O–H groups in total. The number of carbonyl (C=O) groups excluding carboxylic acids is 1. The monoisotopic (exact) mass is 438 g/mol. The molecule has 31 heavy (non-hydrogen) atoms. The lowest BCUT2D eigenvalue weighted by atomic mass is 10.1. The number of amidine groups is 1. The molecule has 2 aromatic carbocycles. The second-order valence-corrected chi connectivity index (χ2v) is 8.84. The second kappa shape index (κ2) is 8.73. The van der Waals surface area contributed by atoms with Crippen molar-refractivity contribution < 1.29 is 17.6 Å². The zero-order valence-corrected chi connectivity index (χ0v) is 17.8. The SMILES string of the molecule is Cc1ccc(-c2nc(CCNC(=O)CCN=C3NS(=O)(=O)c4ccccc43)co2)cc1. The van der Waals surface area contributed by atoms with E-state index in [9.17, 15) is 13.2 Å². The molecule has 0 bridgehead atoms. The molecule has 0 saturated carbocycles. The van der Waals surface area contributed by atoms with E-state index in [1.807, 2.05) is 31.2 Å². The smallest absolute Gasteiger partial charge is 0.263 e. The van der Waals surface area contributed by atoms with Gasteiger partial charge >= 0.3 is 0 Å². The predicted molar refractivity (Wildman–Crippen MR) is 116 cm³/mol. The van der Waals surface area contributed by atoms with Gasteiger partial charge in [0.2, 0.25) is 11.8 Å². The van der Waals surface area contributed by atoms with E-state index in [2.05, 4.69) is 20.0 Å². The lowest BCUT2D eigenvalue weighted by Gasteiger charge is -2.03. The normalized spacial score (nSPS) is 15.5. The van der Waals surface area contributed by atoms with Crippen molar-refractivity contribution in [2.24, 2.45) is 4.99 Å². The van der Waals surface area contributed by atoms with E-state index in [1.54, 1.807) is 24.5 Å². The summed E-state index contributed by atoms with van der Waals surface area (Å²) in [5.41, 5.74) is 3.36. The first kappa shape index (κ1) is 20.8. The van der Waals surface area contributed by atoms with Crippen LogP contribution in [0, 0.1) is 6.92 Å². The average Bonchev–Trinajstić information content (AvgIpc) is 3.32. The second-order valence-electron chi connectivity index (χ2n) is 7.19. The van der Waals surface area contributed by atoms with Gasteiger partial charge in [0.25, 0.3) is 10.0 Å². The Morgan fingerprint density at radius 1 is 1.16 bits per heavy atom. The number of rotatable bonds is 7. The van der Waals surface area contributed by atoms with Crippen molar-refractivity contribution in [1.82, 2.24) is 15.0 Å². The summed E-state index contributed by atoms with van der Waals surface area (Å²) in [5.74, 6) is 0.659. The van der Waals surface area contributed by atoms with Crippen molar-refractivity contribution in [3.05, 3.63) is 71.6 Å². The Kier molecular flexibility index (Phi) is 5.85. The lowest BCUT2D eigenvalue weighted by molar-refractivity contribution is -0.120. The summed E-state index contributed by atoms with van der Waals surface area (Å²) in [7, 11) is -3.57. The molecule has 4 rings (SSSR count). The van der Waals surface area contributed by atoms with Crippen LogP contribution in [-0.2, 0) is 21.2 Å². The fraction of sp³-hybridized carbons (Fsp3) is 0.227. The van der Waals surface area contributed by atoms with Gasteiger partial charge in [-0.3, -0.25) is 14.5 Å². The maximum absolute atomic E-state index is 12.1. The van der Waals surface area contributed by atoms with Crippen LogP contribution in [0.25, 0.3) is 11.5 Å². The molecule has 0 unspecified atom stereocenters. The number of carbonyl (C=O) groups is 1. The zero-order valence-electron chi connectivity index (χ0n) is 17.0. The number of nitrogens with one attached hydrogen (secondary N) is 2. The highest BCUT2D eigenvalue weighted by Gasteiger charge is 2.29. The van der Waals surface area contributed by atoms with Gasteiger partial charge in [-0.25, -0.2) is 13.4 Å². The molecule has 1 aliphatic heterocycles. The van der Waals surface area contributed by atoms with E-state index >= 15 is 0 Å². The predicted octanol–water partition coefficient (Wildman–Crippen LogP) is 2.44. The summed E-state index contributed by atoms with van der Waals surface area (Å²) in [6.07, 6.45) is 2.29. The van der Waals surface area contributed by atoms with Gasteiger partial charge in [-0.2, -0.15) is 0 Å². The third-order valence-electron chi connectivity index (χ3n) is 4.83. The molecule has 1 amide bonds. The molecule has 0 fully saturated rings. The summed E-state index contributed by atoms with van der Waals surface area (Å²) in [4.78, 5) is 21.0. The van der Waals surface area contributed by atoms with Crippen molar-refractivity contribution in [1.29, 1.82) is 0 Å². The molecular weight excluding hydrogens is 416 g/mol. The minimum atomic E-state index is -3.57. The Balaban J connectivity index is 1.25. The van der Waals surface area contributed by atoms with Crippen LogP contribution in [0.5, 0.6) is 0 Å². The number of oxazole rings is 1. The van der Waals surface area contributed by atoms with Gasteiger partial charge in [-0.1, -0.05) is 29.8 Å². The maximum atomic E-state index is 12.1. The van der Waals surface area contributed by atoms with Gasteiger partial charge in [0.05, 0.1) is 17.1 Å². The fourth-order valence-electron chi connectivity index (χ4n) is 3.19. The molecule has 0 atom stereocenters. The Hall–Kier alpha value is -3.46. The number of nitrogens with zero attached hydrogens (tertiary/aromatic N) is 2. The van der Waals surface area contributed by atoms with Gasteiger partial charge < -0.3 is 9.73 Å². The zero-order chi connectivity index (χ0) is 21.8. The lowest BCUT2D eigenvalue weighted by Crippen LogP contribution is -2.27. The third kappa shape index (κ3) is 4.83. The number of hydrogen-bond donors (Lipinski definition) is 2. The Bertz CT molecular complexity index is 1230. The van der Waals surface area contributed by atoms with Crippen LogP contribution < -0.4 is 10.0 Å². The molecule has 0 aliphatic carbocycles. The summed E-state index contributed by atoms with van der Waals surface area (Å²) >= 11 is 0. The van der Waals surface area contributed by atoms with Gasteiger partial charge in [0, 0.05) is 30.5 Å². The van der Waals surface area contributed by atoms with Crippen LogP contribution in [0.3, 0.4) is 0 Å². The third-order valence-corrected chi connectivity index (χ3v) is 6.22. The quantitative estimate of drug-likeness (QED) is 0.588. The molecular formula is C22H22N4O4S. The van der Waals surface area contributed by atoms with E-state index in [0.29, 0.717) is 24.4 Å². The first-order valence-corrected chi connectivity index (χ1v) is 11.4. The molecule has 2 heterocycles. The topological polar surface area (TPSA) is 114 Å². The number of sulfonamides is 1. The molecule has 160 valence electrons. The van der Waals surface area contributed by atoms with E-state index in [-0.39, 0.29) is 29.6 Å². The Labute approximate surface area is 180 Å². The van der Waals surface area contributed by atoms with Crippen LogP contribution >= 0.6 is 0 Å². The number of aryl methyl sites for hydroxylation is 1. The number of aliphatic imine (C=N–C) groups is 1. The minimum Gasteiger partial charge on any atom is -0.444 e. The van der Waals surface area contributed by atoms with E-state index < -0.39 is 10.0 Å². The van der Waals surface area contributed by atoms with Crippen molar-refractivity contribution >= 4 is 21.8 Å². The first-order valence-electron chi connectivity index (χ1n) is 9.87. The van der Waals surface area contributed by atoms with Gasteiger partial charge in [0.15, 0.2) is 0 Å². The van der Waals surface area contributed by atoms with Gasteiger partial charge in [-0.05, 0) is 31.2 Å². The molecule has 0 spiro atoms. The van der Waals surface area contributed by atoms with Crippen LogP contribution in [0.2, 0.25) is 0 Å². The largest absolute Gasteiger partial charge is 0.444 e. The minimum absolute atomic E-state index is 0.154. The number of aromatic nitrogens is 1. The van der Waals surface area contributed by atoms with Crippen LogP contribution in [-0.4, -0.2) is 38.2 Å². The van der Waals surface area contributed by atoms with Gasteiger partial charge in [-0.15, -0.1) is 0 Å². The van der Waals surface area contributed by atoms with E-state index in [1.165, 1.54) is 6.07 Å². The van der Waals surface area contributed by atoms with Crippen LogP contribution in [0.15, 0.2) is 69.1 Å². The highest BCUT2D eigenvalue weighted by atomic mass is 32.2. The van der Waals surface area contributed by atoms with Crippen molar-refractivity contribution in [3.8, 4) is 11.5 Å². The Morgan fingerprint density at radius 2 is 1.94 bits per heavy atom. The molecule has 1 aromatic heterocycles. The summed E-state index contributed by atoms with van der Waals surface area (Å²) in [5, 5.41) is 2.82. The average molecular weight is 439 g/mol. The number of fused-ring (bicyclic) bond motifs is 1. The molecule has 9 heteroatoms. The Morgan fingerprint density at radius 3 is 2.74 bits per heavy atom. The number of benzene rings is 2. The highest BCUT2D eigenvalue weighted by Crippen LogP contribution is 2.22. The van der Waals surface area contributed by atoms with E-state index in [0.717, 1.165) is 16.8 Å². The van der Waals surface area contributed by atoms with Crippen molar-refractivity contribution in [3.63, 3.8) is 0 Å². The van der Waals surface area contributed by atoms with Crippen molar-refractivity contribution in [2.45, 2.75) is 24.7 Å². The molecule has 1 aliphatic rings. The van der Waals surface area contributed by atoms with Crippen LogP contribution in [0.1, 0.15) is 23.2 Å². The molecule has 8 nitrogen and oxygen atoms in total. The van der Waals surface area contributed by atoms with Crippen LogP contribution in [0.4, 0.5) is 0 Å². The molecule has 0 saturated heterocycles. The summed E-state index contributed by atoms with van der Waals surface area (Å²) < 4.78 is 32.1. The van der Waals surface area contributed by atoms with E-state index in [4.69, 9.17) is 4.42 Å². The highest BCUT2D eigenvalue weighted by molar-refractivity contribution is 7.90. The molecule has 3 aromatic rings.